The zero-order valence-corrected chi connectivity index (χ0v) is 6.79. The van der Waals surface area contributed by atoms with Gasteiger partial charge >= 0.3 is 0 Å². The minimum absolute atomic E-state index is 0. The van der Waals surface area contributed by atoms with Crippen LogP contribution in [0.25, 0.3) is 10.4 Å². The van der Waals surface area contributed by atoms with E-state index in [2.05, 4.69) is 10.0 Å². The quantitative estimate of drug-likeness (QED) is 0.383. The highest BCUT2D eigenvalue weighted by Crippen LogP contribution is 2.19. The Labute approximate surface area is 79.3 Å². The fourth-order valence-corrected chi connectivity index (χ4v) is 1.01. The molecule has 0 saturated carbocycles. The molecule has 1 aromatic rings. The van der Waals surface area contributed by atoms with Crippen molar-refractivity contribution in [1.82, 2.24) is 0 Å². The van der Waals surface area contributed by atoms with E-state index in [1.54, 1.807) is 6.07 Å². The molecule has 0 fully saturated rings. The topological polar surface area (TPSA) is 48.8 Å². The first-order chi connectivity index (χ1) is 5.75. The van der Waals surface area contributed by atoms with Crippen LogP contribution < -0.4 is 0 Å². The van der Waals surface area contributed by atoms with Crippen LogP contribution in [-0.2, 0) is 6.54 Å². The molecular weight excluding hydrogens is 181 g/mol. The van der Waals surface area contributed by atoms with Crippen LogP contribution in [0.4, 0.5) is 4.39 Å². The Bertz CT molecular complexity index is 326. The summed E-state index contributed by atoms with van der Waals surface area (Å²) in [6, 6.07) is 4.32. The van der Waals surface area contributed by atoms with E-state index < -0.39 is 5.82 Å². The minimum atomic E-state index is -0.449. The smallest absolute Gasteiger partial charge is 0.128 e. The average Bonchev–Trinajstić information content (AvgIpc) is 2.04. The molecule has 0 unspecified atom stereocenters. The van der Waals surface area contributed by atoms with E-state index in [9.17, 15) is 4.39 Å². The highest BCUT2D eigenvalue weighted by Gasteiger charge is 2.03. The van der Waals surface area contributed by atoms with Gasteiger partial charge < -0.3 is 0 Å². The molecule has 0 aromatic heterocycles. The lowest BCUT2D eigenvalue weighted by atomic mass is 10.2. The number of hydrogen-bond donors (Lipinski definition) is 0. The second-order valence-corrected chi connectivity index (χ2v) is 2.50. The van der Waals surface area contributed by atoms with Gasteiger partial charge in [0.1, 0.15) is 5.82 Å². The molecule has 3 nitrogen and oxygen atoms in total. The van der Waals surface area contributed by atoms with Gasteiger partial charge in [-0.3, -0.25) is 0 Å². The maximum absolute atomic E-state index is 12.9. The van der Waals surface area contributed by atoms with Crippen LogP contribution in [0.2, 0.25) is 5.02 Å². The number of halogens is 2. The molecule has 5 heteroatoms. The largest absolute Gasteiger partial charge is 0.207 e. The number of nitrogens with zero attached hydrogens (tertiary/aromatic N) is 3. The standard InChI is InChI=1S/C7H5ClFN3.4H2/c8-6-2-1-3-7(9)5(6)4-11-12-10;;;;/h1-3H,4H2;4*1H. The third-order valence-corrected chi connectivity index (χ3v) is 1.71. The molecule has 1 rings (SSSR count). The fraction of sp³-hybridized carbons (Fsp3) is 0.143. The number of hydrogen-bond acceptors (Lipinski definition) is 1. The van der Waals surface area contributed by atoms with Crippen molar-refractivity contribution in [3.8, 4) is 0 Å². The Morgan fingerprint density at radius 3 is 3.00 bits per heavy atom. The molecule has 0 bridgehead atoms. The average molecular weight is 194 g/mol. The summed E-state index contributed by atoms with van der Waals surface area (Å²) in [6.07, 6.45) is 0. The third-order valence-electron chi connectivity index (χ3n) is 1.35. The van der Waals surface area contributed by atoms with Crippen molar-refractivity contribution in [2.75, 3.05) is 0 Å². The lowest BCUT2D eigenvalue weighted by Gasteiger charge is -1.99. The Kier molecular flexibility index (Phi) is 2.91. The second kappa shape index (κ2) is 3.95. The molecule has 12 heavy (non-hydrogen) atoms. The van der Waals surface area contributed by atoms with Crippen LogP contribution >= 0.6 is 11.6 Å². The van der Waals surface area contributed by atoms with Gasteiger partial charge in [0.2, 0.25) is 0 Å². The van der Waals surface area contributed by atoms with Crippen molar-refractivity contribution in [2.24, 2.45) is 5.11 Å². The van der Waals surface area contributed by atoms with E-state index in [0.717, 1.165) is 0 Å². The highest BCUT2D eigenvalue weighted by molar-refractivity contribution is 6.31. The van der Waals surface area contributed by atoms with E-state index in [1.807, 2.05) is 0 Å². The van der Waals surface area contributed by atoms with Gasteiger partial charge in [0.15, 0.2) is 0 Å². The first kappa shape index (κ1) is 8.84. The summed E-state index contributed by atoms with van der Waals surface area (Å²) in [5.74, 6) is -0.449. The molecule has 0 atom stereocenters. The summed E-state index contributed by atoms with van der Waals surface area (Å²) in [7, 11) is 0. The first-order valence-corrected chi connectivity index (χ1v) is 3.57. The summed E-state index contributed by atoms with van der Waals surface area (Å²) < 4.78 is 12.9. The summed E-state index contributed by atoms with van der Waals surface area (Å²) in [5.41, 5.74) is 8.24. The van der Waals surface area contributed by atoms with Gasteiger partial charge in [-0.05, 0) is 17.7 Å². The van der Waals surface area contributed by atoms with Gasteiger partial charge in [-0.25, -0.2) is 4.39 Å². The molecule has 0 saturated heterocycles. The number of azide groups is 1. The Balaban J connectivity index is -0.000000180. The molecule has 0 amide bonds. The molecule has 0 radical (unpaired) electrons. The van der Waals surface area contributed by atoms with Gasteiger partial charge in [-0.2, -0.15) is 0 Å². The molecule has 0 N–H and O–H groups in total. The van der Waals surface area contributed by atoms with E-state index in [-0.39, 0.29) is 22.8 Å². The number of rotatable bonds is 2. The monoisotopic (exact) mass is 193 g/mol. The van der Waals surface area contributed by atoms with Crippen molar-refractivity contribution in [2.45, 2.75) is 6.54 Å². The zero-order chi connectivity index (χ0) is 8.97. The molecule has 70 valence electrons. The van der Waals surface area contributed by atoms with Crippen molar-refractivity contribution in [3.05, 3.63) is 45.0 Å². The summed E-state index contributed by atoms with van der Waals surface area (Å²) in [4.78, 5) is 2.51. The molecule has 0 spiro atoms. The van der Waals surface area contributed by atoms with Crippen molar-refractivity contribution >= 4 is 11.6 Å². The predicted molar refractivity (Wildman–Crippen MR) is 52.7 cm³/mol. The van der Waals surface area contributed by atoms with Gasteiger partial charge in [0.25, 0.3) is 0 Å². The van der Waals surface area contributed by atoms with Gasteiger partial charge in [-0.15, -0.1) is 0 Å². The molecule has 1 aromatic carbocycles. The van der Waals surface area contributed by atoms with Crippen LogP contribution in [0.3, 0.4) is 0 Å². The maximum Gasteiger partial charge on any atom is 0.128 e. The van der Waals surface area contributed by atoms with Crippen LogP contribution in [0.5, 0.6) is 0 Å². The van der Waals surface area contributed by atoms with E-state index >= 15 is 0 Å². The summed E-state index contributed by atoms with van der Waals surface area (Å²) in [6.45, 7) is -0.0536. The lowest BCUT2D eigenvalue weighted by Crippen LogP contribution is -1.88. The molecule has 0 aliphatic carbocycles. The van der Waals surface area contributed by atoms with E-state index in [4.69, 9.17) is 17.1 Å². The van der Waals surface area contributed by atoms with E-state index in [0.29, 0.717) is 0 Å². The lowest BCUT2D eigenvalue weighted by molar-refractivity contribution is 0.610. The Morgan fingerprint density at radius 2 is 2.42 bits per heavy atom. The van der Waals surface area contributed by atoms with Gasteiger partial charge in [-0.1, -0.05) is 22.8 Å². The maximum atomic E-state index is 12.9. The fourth-order valence-electron chi connectivity index (χ4n) is 0.786. The predicted octanol–water partition coefficient (Wildman–Crippen LogP) is 4.27. The first-order valence-electron chi connectivity index (χ1n) is 3.19. The van der Waals surface area contributed by atoms with Crippen molar-refractivity contribution in [1.29, 1.82) is 0 Å². The Hall–Kier alpha value is -1.25. The minimum Gasteiger partial charge on any atom is -0.207 e. The van der Waals surface area contributed by atoms with Crippen molar-refractivity contribution in [3.63, 3.8) is 0 Å². The van der Waals surface area contributed by atoms with E-state index in [1.165, 1.54) is 12.1 Å². The molecule has 0 heterocycles. The summed E-state index contributed by atoms with van der Waals surface area (Å²) >= 11 is 5.64. The van der Waals surface area contributed by atoms with Crippen LogP contribution in [0.15, 0.2) is 23.3 Å². The molecule has 0 aliphatic heterocycles. The van der Waals surface area contributed by atoms with Crippen molar-refractivity contribution < 1.29 is 10.1 Å². The molecule has 0 aliphatic rings. The normalized spacial score (nSPS) is 9.17. The van der Waals surface area contributed by atoms with Crippen LogP contribution in [0.1, 0.15) is 11.3 Å². The van der Waals surface area contributed by atoms with Gasteiger partial charge in [0, 0.05) is 21.2 Å². The SMILES string of the molecule is [HH].[HH].[HH].[HH].[N-]=[N+]=NCc1c(F)cccc1Cl. The van der Waals surface area contributed by atoms with Crippen LogP contribution in [0, 0.1) is 5.82 Å². The summed E-state index contributed by atoms with van der Waals surface area (Å²) in [5, 5.41) is 3.50. The zero-order valence-electron chi connectivity index (χ0n) is 6.04. The third kappa shape index (κ3) is 1.87. The Morgan fingerprint density at radius 1 is 1.67 bits per heavy atom. The molecular formula is C7H13ClFN3. The van der Waals surface area contributed by atoms with Crippen LogP contribution in [-0.4, -0.2) is 0 Å². The highest BCUT2D eigenvalue weighted by atomic mass is 35.5. The second-order valence-electron chi connectivity index (χ2n) is 2.09. The van der Waals surface area contributed by atoms with Gasteiger partial charge in [0.05, 0.1) is 6.54 Å². The number of benzene rings is 1.